The summed E-state index contributed by atoms with van der Waals surface area (Å²) in [6, 6.07) is 65.3. The van der Waals surface area contributed by atoms with Crippen molar-refractivity contribution in [2.45, 2.75) is 0 Å². The van der Waals surface area contributed by atoms with Crippen LogP contribution in [0.3, 0.4) is 0 Å². The zero-order valence-corrected chi connectivity index (χ0v) is 30.5. The molecule has 4 heterocycles. The average Bonchev–Trinajstić information content (AvgIpc) is 3.95. The lowest BCUT2D eigenvalue weighted by atomic mass is 10.0. The average molecular weight is 730 g/mol. The summed E-state index contributed by atoms with van der Waals surface area (Å²) < 4.78 is 11.5. The van der Waals surface area contributed by atoms with Gasteiger partial charge in [-0.3, -0.25) is 4.57 Å². The van der Waals surface area contributed by atoms with Crippen molar-refractivity contribution in [3.63, 3.8) is 0 Å². The molecule has 12 aromatic rings. The number of nitrogens with zero attached hydrogens (tertiary/aromatic N) is 5. The number of hydrogen-bond donors (Lipinski definition) is 0. The molecule has 12 rings (SSSR count). The van der Waals surface area contributed by atoms with Crippen LogP contribution in [0.2, 0.25) is 0 Å². The Morgan fingerprint density at radius 2 is 0.807 bits per heavy atom. The fourth-order valence-electron chi connectivity index (χ4n) is 8.72. The van der Waals surface area contributed by atoms with Crippen LogP contribution in [-0.4, -0.2) is 24.1 Å². The van der Waals surface area contributed by atoms with Gasteiger partial charge in [0, 0.05) is 49.0 Å². The third-order valence-corrected chi connectivity index (χ3v) is 11.2. The minimum Gasteiger partial charge on any atom is -0.453 e. The minimum atomic E-state index is 0.568. The highest BCUT2D eigenvalue weighted by Gasteiger charge is 2.24. The molecule has 0 bridgehead atoms. The van der Waals surface area contributed by atoms with Crippen LogP contribution in [-0.2, 0) is 0 Å². The van der Waals surface area contributed by atoms with Crippen LogP contribution in [0.4, 0.5) is 0 Å². The molecule has 0 saturated heterocycles. The highest BCUT2D eigenvalue weighted by atomic mass is 16.3. The van der Waals surface area contributed by atoms with E-state index in [0.717, 1.165) is 93.5 Å². The maximum Gasteiger partial charge on any atom is 0.238 e. The molecule has 0 amide bonds. The standard InChI is InChI=1S/C51H31N5O/c1-4-16-32(17-5-1)35-24-14-25-36-37-26-15-29-44(48(37)57-47(35)36)55-40-27-12-10-22-38(40)45-42(55)30-31-43-46(45)39-23-11-13-28-41(39)56(43)51-53-49(33-18-6-2-7-19-33)52-50(54-51)34-20-8-3-9-21-34/h1-31H. The van der Waals surface area contributed by atoms with Crippen LogP contribution >= 0.6 is 0 Å². The van der Waals surface area contributed by atoms with Crippen molar-refractivity contribution in [1.29, 1.82) is 0 Å². The Labute approximate surface area is 326 Å². The third kappa shape index (κ3) is 4.74. The van der Waals surface area contributed by atoms with Crippen LogP contribution in [0.5, 0.6) is 0 Å². The van der Waals surface area contributed by atoms with Gasteiger partial charge in [0.25, 0.3) is 0 Å². The SMILES string of the molecule is c1ccc(-c2nc(-c3ccccc3)nc(-n3c4ccccc4c4c5c6ccccc6n(-c6cccc7c6oc6c(-c8ccccc8)cccc67)c5ccc43)n2)cc1. The van der Waals surface area contributed by atoms with E-state index in [9.17, 15) is 0 Å². The zero-order valence-electron chi connectivity index (χ0n) is 30.5. The van der Waals surface area contributed by atoms with Crippen LogP contribution in [0, 0.1) is 0 Å². The van der Waals surface area contributed by atoms with Gasteiger partial charge in [0.15, 0.2) is 17.2 Å². The van der Waals surface area contributed by atoms with E-state index >= 15 is 0 Å². The van der Waals surface area contributed by atoms with Crippen molar-refractivity contribution in [2.24, 2.45) is 0 Å². The summed E-state index contributed by atoms with van der Waals surface area (Å²) in [5.74, 6) is 1.81. The van der Waals surface area contributed by atoms with Crippen molar-refractivity contribution in [3.05, 3.63) is 188 Å². The Kier molecular flexibility index (Phi) is 6.83. The van der Waals surface area contributed by atoms with Gasteiger partial charge in [0.2, 0.25) is 5.95 Å². The quantitative estimate of drug-likeness (QED) is 0.177. The van der Waals surface area contributed by atoms with E-state index in [1.165, 1.54) is 0 Å². The van der Waals surface area contributed by atoms with E-state index in [-0.39, 0.29) is 0 Å². The summed E-state index contributed by atoms with van der Waals surface area (Å²) in [4.78, 5) is 15.3. The Balaban J connectivity index is 1.16. The van der Waals surface area contributed by atoms with Gasteiger partial charge in [-0.25, -0.2) is 4.98 Å². The number of furan rings is 1. The predicted molar refractivity (Wildman–Crippen MR) is 232 cm³/mol. The van der Waals surface area contributed by atoms with Crippen molar-refractivity contribution in [2.75, 3.05) is 0 Å². The first-order chi connectivity index (χ1) is 28.3. The fourth-order valence-corrected chi connectivity index (χ4v) is 8.72. The molecule has 0 radical (unpaired) electrons. The molecule has 0 atom stereocenters. The molecule has 6 nitrogen and oxygen atoms in total. The summed E-state index contributed by atoms with van der Waals surface area (Å²) in [5, 5.41) is 6.77. The molecule has 0 unspecified atom stereocenters. The first-order valence-electron chi connectivity index (χ1n) is 19.1. The van der Waals surface area contributed by atoms with Crippen molar-refractivity contribution < 1.29 is 4.42 Å². The van der Waals surface area contributed by atoms with Crippen molar-refractivity contribution in [3.8, 4) is 45.5 Å². The summed E-state index contributed by atoms with van der Waals surface area (Å²) in [7, 11) is 0. The molecule has 0 aliphatic carbocycles. The summed E-state index contributed by atoms with van der Waals surface area (Å²) in [6.45, 7) is 0. The van der Waals surface area contributed by atoms with E-state index in [2.05, 4.69) is 130 Å². The lowest BCUT2D eigenvalue weighted by Gasteiger charge is -2.11. The van der Waals surface area contributed by atoms with E-state index in [1.807, 2.05) is 66.7 Å². The molecule has 0 N–H and O–H groups in total. The number of para-hydroxylation sites is 4. The Hall–Kier alpha value is -7.83. The minimum absolute atomic E-state index is 0.568. The van der Waals surface area contributed by atoms with Gasteiger partial charge in [-0.15, -0.1) is 0 Å². The number of aromatic nitrogens is 5. The largest absolute Gasteiger partial charge is 0.453 e. The Morgan fingerprint density at radius 1 is 0.333 bits per heavy atom. The van der Waals surface area contributed by atoms with Gasteiger partial charge in [-0.05, 0) is 35.9 Å². The van der Waals surface area contributed by atoms with Gasteiger partial charge >= 0.3 is 0 Å². The number of benzene rings is 8. The molecule has 4 aromatic heterocycles. The third-order valence-electron chi connectivity index (χ3n) is 11.2. The van der Waals surface area contributed by atoms with Gasteiger partial charge < -0.3 is 8.98 Å². The fraction of sp³-hybridized carbons (Fsp3) is 0. The Morgan fingerprint density at radius 3 is 1.42 bits per heavy atom. The molecular weight excluding hydrogens is 699 g/mol. The maximum atomic E-state index is 6.96. The lowest BCUT2D eigenvalue weighted by molar-refractivity contribution is 0.667. The number of fused-ring (bicyclic) bond motifs is 10. The molecule has 6 heteroatoms. The highest BCUT2D eigenvalue weighted by molar-refractivity contribution is 6.29. The molecule has 0 saturated carbocycles. The second-order valence-corrected chi connectivity index (χ2v) is 14.4. The normalized spacial score (nSPS) is 11.9. The summed E-state index contributed by atoms with van der Waals surface area (Å²) in [6.07, 6.45) is 0. The van der Waals surface area contributed by atoms with Crippen LogP contribution in [0.1, 0.15) is 0 Å². The first-order valence-corrected chi connectivity index (χ1v) is 19.1. The predicted octanol–water partition coefficient (Wildman–Crippen LogP) is 13.0. The number of hydrogen-bond acceptors (Lipinski definition) is 4. The lowest BCUT2D eigenvalue weighted by Crippen LogP contribution is -2.06. The first kappa shape index (κ1) is 31.5. The second kappa shape index (κ2) is 12.3. The summed E-state index contributed by atoms with van der Waals surface area (Å²) >= 11 is 0. The van der Waals surface area contributed by atoms with Crippen molar-refractivity contribution in [1.82, 2.24) is 24.1 Å². The molecule has 0 aliphatic heterocycles. The molecule has 0 aliphatic rings. The Bertz CT molecular complexity index is 3450. The van der Waals surface area contributed by atoms with Crippen LogP contribution in [0.15, 0.2) is 192 Å². The molecule has 57 heavy (non-hydrogen) atoms. The second-order valence-electron chi connectivity index (χ2n) is 14.4. The summed E-state index contributed by atoms with van der Waals surface area (Å²) in [5.41, 5.74) is 11.0. The van der Waals surface area contributed by atoms with Crippen LogP contribution in [0.25, 0.3) is 111 Å². The molecule has 0 spiro atoms. The van der Waals surface area contributed by atoms with Crippen LogP contribution < -0.4 is 0 Å². The van der Waals surface area contributed by atoms with E-state index in [0.29, 0.717) is 17.6 Å². The highest BCUT2D eigenvalue weighted by Crippen LogP contribution is 2.44. The zero-order chi connectivity index (χ0) is 37.5. The number of rotatable bonds is 5. The van der Waals surface area contributed by atoms with E-state index < -0.39 is 0 Å². The topological polar surface area (TPSA) is 61.7 Å². The maximum absolute atomic E-state index is 6.96. The molecule has 266 valence electrons. The molecular formula is C51H31N5O. The monoisotopic (exact) mass is 729 g/mol. The molecule has 0 fully saturated rings. The molecule has 8 aromatic carbocycles. The van der Waals surface area contributed by atoms with E-state index in [1.54, 1.807) is 0 Å². The van der Waals surface area contributed by atoms with Gasteiger partial charge in [-0.1, -0.05) is 158 Å². The smallest absolute Gasteiger partial charge is 0.238 e. The van der Waals surface area contributed by atoms with Gasteiger partial charge in [-0.2, -0.15) is 9.97 Å². The van der Waals surface area contributed by atoms with Gasteiger partial charge in [0.1, 0.15) is 5.58 Å². The van der Waals surface area contributed by atoms with E-state index in [4.69, 9.17) is 19.4 Å². The van der Waals surface area contributed by atoms with Gasteiger partial charge in [0.05, 0.1) is 27.8 Å². The van der Waals surface area contributed by atoms with Crippen molar-refractivity contribution >= 4 is 65.6 Å².